The van der Waals surface area contributed by atoms with Gasteiger partial charge in [0, 0.05) is 24.4 Å². The number of fused-ring (bicyclic) bond motifs is 2. The van der Waals surface area contributed by atoms with Gasteiger partial charge in [-0.05, 0) is 25.3 Å². The fraction of sp³-hybridized carbons (Fsp3) is 0.526. The van der Waals surface area contributed by atoms with Gasteiger partial charge in [-0.3, -0.25) is 9.59 Å². The normalized spacial score (nSPS) is 26.4. The first-order chi connectivity index (χ1) is 12.1. The molecule has 1 amide bonds. The first-order valence-electron chi connectivity index (χ1n) is 9.02. The highest BCUT2D eigenvalue weighted by atomic mass is 16.3. The van der Waals surface area contributed by atoms with Crippen molar-refractivity contribution in [2.45, 2.75) is 44.2 Å². The summed E-state index contributed by atoms with van der Waals surface area (Å²) in [5.74, 6) is 0.0535. The Morgan fingerprint density at radius 2 is 2.12 bits per heavy atom. The molecule has 6 heteroatoms. The van der Waals surface area contributed by atoms with Gasteiger partial charge in [0.05, 0.1) is 17.2 Å². The van der Waals surface area contributed by atoms with Crippen LogP contribution in [-0.4, -0.2) is 44.4 Å². The van der Waals surface area contributed by atoms with Crippen LogP contribution in [0.25, 0.3) is 10.8 Å². The third-order valence-corrected chi connectivity index (χ3v) is 5.83. The standard InChI is InChI=1S/C19H23N3O3/c23-17(21-10-9-19(25)8-4-3-6-15(19)12-21)13-22-18(24)16-7-2-1-5-14(16)11-20-22/h1-2,5,7,11,15,25H,3-4,6,8-10,12-13H2/t15-,19-/m1/s1. The van der Waals surface area contributed by atoms with Crippen molar-refractivity contribution in [1.82, 2.24) is 14.7 Å². The van der Waals surface area contributed by atoms with Crippen LogP contribution < -0.4 is 5.56 Å². The molecule has 2 aliphatic rings. The van der Waals surface area contributed by atoms with Crippen molar-refractivity contribution in [3.63, 3.8) is 0 Å². The van der Waals surface area contributed by atoms with Crippen molar-refractivity contribution in [3.05, 3.63) is 40.8 Å². The second kappa shape index (κ2) is 6.26. The molecular weight excluding hydrogens is 318 g/mol. The lowest BCUT2D eigenvalue weighted by Crippen LogP contribution is -2.55. The van der Waals surface area contributed by atoms with E-state index < -0.39 is 5.60 Å². The third kappa shape index (κ3) is 2.95. The molecule has 0 spiro atoms. The minimum absolute atomic E-state index is 0.0468. The van der Waals surface area contributed by atoms with Crippen LogP contribution in [0.15, 0.2) is 35.3 Å². The molecule has 2 fully saturated rings. The fourth-order valence-electron chi connectivity index (χ4n) is 4.27. The van der Waals surface area contributed by atoms with Crippen molar-refractivity contribution in [1.29, 1.82) is 0 Å². The number of piperidine rings is 1. The van der Waals surface area contributed by atoms with E-state index in [1.54, 1.807) is 17.2 Å². The summed E-state index contributed by atoms with van der Waals surface area (Å²) < 4.78 is 1.24. The van der Waals surface area contributed by atoms with Crippen LogP contribution in [0.5, 0.6) is 0 Å². The van der Waals surface area contributed by atoms with Gasteiger partial charge in [0.25, 0.3) is 5.56 Å². The number of benzene rings is 1. The van der Waals surface area contributed by atoms with E-state index in [0.29, 0.717) is 24.9 Å². The fourth-order valence-corrected chi connectivity index (χ4v) is 4.27. The number of aromatic nitrogens is 2. The van der Waals surface area contributed by atoms with Crippen LogP contribution in [0.1, 0.15) is 32.1 Å². The highest BCUT2D eigenvalue weighted by Crippen LogP contribution is 2.39. The molecule has 0 bridgehead atoms. The number of hydrogen-bond acceptors (Lipinski definition) is 4. The quantitative estimate of drug-likeness (QED) is 0.899. The topological polar surface area (TPSA) is 75.4 Å². The van der Waals surface area contributed by atoms with Gasteiger partial charge in [-0.1, -0.05) is 31.0 Å². The zero-order valence-corrected chi connectivity index (χ0v) is 14.2. The van der Waals surface area contributed by atoms with E-state index in [0.717, 1.165) is 31.1 Å². The van der Waals surface area contributed by atoms with Crippen molar-refractivity contribution < 1.29 is 9.90 Å². The van der Waals surface area contributed by atoms with Crippen LogP contribution in [-0.2, 0) is 11.3 Å². The summed E-state index contributed by atoms with van der Waals surface area (Å²) in [6.07, 6.45) is 6.24. The van der Waals surface area contributed by atoms with E-state index in [2.05, 4.69) is 5.10 Å². The third-order valence-electron chi connectivity index (χ3n) is 5.83. The molecule has 4 rings (SSSR count). The van der Waals surface area contributed by atoms with Crippen LogP contribution >= 0.6 is 0 Å². The molecule has 1 aliphatic heterocycles. The minimum Gasteiger partial charge on any atom is -0.389 e. The Morgan fingerprint density at radius 3 is 3.00 bits per heavy atom. The Labute approximate surface area is 146 Å². The zero-order valence-electron chi connectivity index (χ0n) is 14.2. The molecule has 1 aromatic heterocycles. The largest absolute Gasteiger partial charge is 0.389 e. The number of rotatable bonds is 2. The smallest absolute Gasteiger partial charge is 0.275 e. The summed E-state index contributed by atoms with van der Waals surface area (Å²) in [6, 6.07) is 7.26. The van der Waals surface area contributed by atoms with Crippen LogP contribution in [0.3, 0.4) is 0 Å². The van der Waals surface area contributed by atoms with Crippen LogP contribution in [0.2, 0.25) is 0 Å². The molecule has 6 nitrogen and oxygen atoms in total. The Balaban J connectivity index is 1.51. The molecule has 2 heterocycles. The highest BCUT2D eigenvalue weighted by molar-refractivity contribution is 5.81. The summed E-state index contributed by atoms with van der Waals surface area (Å²) in [4.78, 5) is 27.0. The maximum Gasteiger partial charge on any atom is 0.275 e. The van der Waals surface area contributed by atoms with Gasteiger partial charge < -0.3 is 10.0 Å². The average Bonchev–Trinajstić information content (AvgIpc) is 2.63. The summed E-state index contributed by atoms with van der Waals surface area (Å²) in [5.41, 5.74) is -0.842. The van der Waals surface area contributed by atoms with Gasteiger partial charge >= 0.3 is 0 Å². The first-order valence-corrected chi connectivity index (χ1v) is 9.02. The number of carbonyl (C=O) groups is 1. The molecule has 1 N–H and O–H groups in total. The Morgan fingerprint density at radius 1 is 1.28 bits per heavy atom. The van der Waals surface area contributed by atoms with Gasteiger partial charge in [-0.2, -0.15) is 5.10 Å². The van der Waals surface area contributed by atoms with E-state index in [4.69, 9.17) is 0 Å². The molecule has 1 saturated heterocycles. The van der Waals surface area contributed by atoms with Gasteiger partial charge in [0.2, 0.25) is 5.91 Å². The second-order valence-corrected chi connectivity index (χ2v) is 7.33. The summed E-state index contributed by atoms with van der Waals surface area (Å²) in [5, 5.41) is 16.2. The first kappa shape index (κ1) is 16.3. The Bertz CT molecular complexity index is 862. The SMILES string of the molecule is O=C(Cn1ncc2ccccc2c1=O)N1CC[C@]2(O)CCCC[C@@H]2C1. The van der Waals surface area contributed by atoms with Gasteiger partial charge in [0.15, 0.2) is 0 Å². The van der Waals surface area contributed by atoms with Crippen molar-refractivity contribution in [2.75, 3.05) is 13.1 Å². The zero-order chi connectivity index (χ0) is 17.4. The van der Waals surface area contributed by atoms with E-state index in [1.807, 2.05) is 18.2 Å². The van der Waals surface area contributed by atoms with E-state index in [-0.39, 0.29) is 23.9 Å². The van der Waals surface area contributed by atoms with Crippen molar-refractivity contribution >= 4 is 16.7 Å². The van der Waals surface area contributed by atoms with E-state index in [9.17, 15) is 14.7 Å². The lowest BCUT2D eigenvalue weighted by Gasteiger charge is -2.47. The molecule has 1 aromatic carbocycles. The Hall–Kier alpha value is -2.21. The summed E-state index contributed by atoms with van der Waals surface area (Å²) in [6.45, 7) is 1.08. The number of aliphatic hydroxyl groups is 1. The molecular formula is C19H23N3O3. The lowest BCUT2D eigenvalue weighted by molar-refractivity contribution is -0.144. The number of amides is 1. The van der Waals surface area contributed by atoms with Crippen LogP contribution in [0, 0.1) is 5.92 Å². The van der Waals surface area contributed by atoms with Crippen molar-refractivity contribution in [3.8, 4) is 0 Å². The van der Waals surface area contributed by atoms with Crippen molar-refractivity contribution in [2.24, 2.45) is 5.92 Å². The predicted molar refractivity (Wildman–Crippen MR) is 94.1 cm³/mol. The molecule has 25 heavy (non-hydrogen) atoms. The Kier molecular flexibility index (Phi) is 4.07. The molecule has 132 valence electrons. The molecule has 2 atom stereocenters. The van der Waals surface area contributed by atoms with E-state index >= 15 is 0 Å². The van der Waals surface area contributed by atoms with Crippen LogP contribution in [0.4, 0.5) is 0 Å². The molecule has 0 radical (unpaired) electrons. The summed E-state index contributed by atoms with van der Waals surface area (Å²) >= 11 is 0. The number of hydrogen-bond donors (Lipinski definition) is 1. The predicted octanol–water partition coefficient (Wildman–Crippen LogP) is 1.55. The maximum atomic E-state index is 12.7. The van der Waals surface area contributed by atoms with Gasteiger partial charge in [-0.25, -0.2) is 4.68 Å². The maximum absolute atomic E-state index is 12.7. The molecule has 0 unspecified atom stereocenters. The van der Waals surface area contributed by atoms with Gasteiger partial charge in [0.1, 0.15) is 6.54 Å². The summed E-state index contributed by atoms with van der Waals surface area (Å²) in [7, 11) is 0. The minimum atomic E-state index is -0.604. The monoisotopic (exact) mass is 341 g/mol. The molecule has 1 saturated carbocycles. The van der Waals surface area contributed by atoms with Gasteiger partial charge in [-0.15, -0.1) is 0 Å². The molecule has 1 aliphatic carbocycles. The number of nitrogens with zero attached hydrogens (tertiary/aromatic N) is 3. The second-order valence-electron chi connectivity index (χ2n) is 7.33. The molecule has 2 aromatic rings. The van der Waals surface area contributed by atoms with E-state index in [1.165, 1.54) is 4.68 Å². The average molecular weight is 341 g/mol. The number of likely N-dealkylation sites (tertiary alicyclic amines) is 1. The lowest BCUT2D eigenvalue weighted by atomic mass is 9.71. The highest BCUT2D eigenvalue weighted by Gasteiger charge is 2.43. The number of carbonyl (C=O) groups excluding carboxylic acids is 1.